The lowest BCUT2D eigenvalue weighted by Crippen LogP contribution is -2.48. The maximum Gasteiger partial charge on any atom is 0.375 e. The van der Waals surface area contributed by atoms with Crippen molar-refractivity contribution < 1.29 is 27.2 Å². The van der Waals surface area contributed by atoms with Crippen LogP contribution in [0.2, 0.25) is 0 Å². The summed E-state index contributed by atoms with van der Waals surface area (Å²) in [6, 6.07) is 2.37. The average molecular weight is 358 g/mol. The Morgan fingerprint density at radius 3 is 2.71 bits per heavy atom. The number of ether oxygens (including phenoxy) is 1. The number of nitrogens with two attached hydrogens (primary N) is 1. The Balaban J connectivity index is 2.02. The molecule has 1 saturated heterocycles. The van der Waals surface area contributed by atoms with Gasteiger partial charge in [-0.25, -0.2) is 18.4 Å². The van der Waals surface area contributed by atoms with Crippen molar-refractivity contribution in [2.75, 3.05) is 6.54 Å². The Morgan fingerprint density at radius 1 is 1.42 bits per heavy atom. The number of amides is 1. The Hall–Kier alpha value is -1.87. The predicted octanol–water partition coefficient (Wildman–Crippen LogP) is 1.26. The Labute approximate surface area is 141 Å². The van der Waals surface area contributed by atoms with Crippen LogP contribution < -0.4 is 5.14 Å². The van der Waals surface area contributed by atoms with E-state index in [-0.39, 0.29) is 17.7 Å². The molecule has 0 aromatic carbocycles. The highest BCUT2D eigenvalue weighted by Gasteiger charge is 2.31. The van der Waals surface area contributed by atoms with E-state index in [9.17, 15) is 18.0 Å². The van der Waals surface area contributed by atoms with E-state index in [1.807, 2.05) is 6.92 Å². The van der Waals surface area contributed by atoms with Crippen LogP contribution >= 0.6 is 0 Å². The topological polar surface area (TPSA) is 120 Å². The van der Waals surface area contributed by atoms with Crippen molar-refractivity contribution in [1.82, 2.24) is 4.90 Å². The van der Waals surface area contributed by atoms with Crippen LogP contribution in [0.15, 0.2) is 21.6 Å². The summed E-state index contributed by atoms with van der Waals surface area (Å²) in [6.07, 6.45) is 2.83. The number of hydrogen-bond acceptors (Lipinski definition) is 6. The second-order valence-electron chi connectivity index (χ2n) is 5.80. The molecule has 2 heterocycles. The molecular formula is C15H22N2O6S. The largest absolute Gasteiger partial charge is 0.447 e. The molecule has 0 radical (unpaired) electrons. The molecule has 2 unspecified atom stereocenters. The van der Waals surface area contributed by atoms with Crippen LogP contribution in [0.3, 0.4) is 0 Å². The second-order valence-corrected chi connectivity index (χ2v) is 7.29. The fourth-order valence-corrected chi connectivity index (χ4v) is 3.26. The van der Waals surface area contributed by atoms with E-state index in [2.05, 4.69) is 0 Å². The standard InChI is InChI=1S/C15H22N2O6S/c1-3-11-6-4-5-9-17(11)14(18)10(2)22-15(19)12-7-8-13(23-12)24(16,20)21/h7-8,10-11H,3-6,9H2,1-2H3,(H2,16,20,21). The van der Waals surface area contributed by atoms with Gasteiger partial charge in [0.2, 0.25) is 10.9 Å². The fraction of sp³-hybridized carbons (Fsp3) is 0.600. The molecule has 1 aliphatic rings. The molecule has 2 atom stereocenters. The lowest BCUT2D eigenvalue weighted by Gasteiger charge is -2.36. The number of carbonyl (C=O) groups is 2. The van der Waals surface area contributed by atoms with Crippen LogP contribution in [0.25, 0.3) is 0 Å². The molecule has 134 valence electrons. The maximum absolute atomic E-state index is 12.5. The molecule has 8 nitrogen and oxygen atoms in total. The summed E-state index contributed by atoms with van der Waals surface area (Å²) in [4.78, 5) is 26.3. The number of piperidine rings is 1. The third kappa shape index (κ3) is 4.15. The minimum Gasteiger partial charge on any atom is -0.447 e. The SMILES string of the molecule is CCC1CCCCN1C(=O)C(C)OC(=O)c1ccc(S(N)(=O)=O)o1. The van der Waals surface area contributed by atoms with Crippen LogP contribution in [0, 0.1) is 0 Å². The molecular weight excluding hydrogens is 336 g/mol. The van der Waals surface area contributed by atoms with E-state index in [0.29, 0.717) is 6.54 Å². The van der Waals surface area contributed by atoms with Crippen molar-refractivity contribution in [3.8, 4) is 0 Å². The van der Waals surface area contributed by atoms with Gasteiger partial charge >= 0.3 is 5.97 Å². The van der Waals surface area contributed by atoms with Gasteiger partial charge in [0, 0.05) is 12.6 Å². The van der Waals surface area contributed by atoms with Crippen molar-refractivity contribution in [2.24, 2.45) is 5.14 Å². The second kappa shape index (κ2) is 7.35. The average Bonchev–Trinajstić information content (AvgIpc) is 3.04. The highest BCUT2D eigenvalue weighted by Crippen LogP contribution is 2.21. The number of hydrogen-bond donors (Lipinski definition) is 1. The summed E-state index contributed by atoms with van der Waals surface area (Å²) >= 11 is 0. The molecule has 1 amide bonds. The van der Waals surface area contributed by atoms with Gasteiger partial charge in [-0.05, 0) is 44.7 Å². The van der Waals surface area contributed by atoms with E-state index in [0.717, 1.165) is 37.8 Å². The summed E-state index contributed by atoms with van der Waals surface area (Å²) in [5.41, 5.74) is 0. The monoisotopic (exact) mass is 358 g/mol. The number of nitrogens with zero attached hydrogens (tertiary/aromatic N) is 1. The lowest BCUT2D eigenvalue weighted by molar-refractivity contribution is -0.143. The molecule has 2 rings (SSSR count). The zero-order valence-corrected chi connectivity index (χ0v) is 14.5. The van der Waals surface area contributed by atoms with Crippen molar-refractivity contribution in [1.29, 1.82) is 0 Å². The first kappa shape index (κ1) is 18.5. The lowest BCUT2D eigenvalue weighted by atomic mass is 9.99. The minimum absolute atomic E-state index is 0.157. The number of likely N-dealkylation sites (tertiary alicyclic amines) is 1. The Morgan fingerprint density at radius 2 is 2.12 bits per heavy atom. The maximum atomic E-state index is 12.5. The Bertz CT molecular complexity index is 711. The minimum atomic E-state index is -4.04. The normalized spacial score (nSPS) is 19.8. The molecule has 1 aromatic heterocycles. The molecule has 0 bridgehead atoms. The summed E-state index contributed by atoms with van der Waals surface area (Å²) in [5.74, 6) is -1.48. The third-order valence-corrected chi connectivity index (χ3v) is 4.86. The van der Waals surface area contributed by atoms with Crippen LogP contribution in [-0.4, -0.2) is 43.9 Å². The van der Waals surface area contributed by atoms with Gasteiger partial charge in [-0.1, -0.05) is 6.92 Å². The molecule has 24 heavy (non-hydrogen) atoms. The van der Waals surface area contributed by atoms with Crippen LogP contribution in [-0.2, 0) is 19.6 Å². The van der Waals surface area contributed by atoms with Gasteiger partial charge in [0.15, 0.2) is 6.10 Å². The molecule has 0 saturated carbocycles. The zero-order valence-electron chi connectivity index (χ0n) is 13.7. The molecule has 0 aliphatic carbocycles. The summed E-state index contributed by atoms with van der Waals surface area (Å²) in [7, 11) is -4.04. The molecule has 1 fully saturated rings. The number of primary sulfonamides is 1. The van der Waals surface area contributed by atoms with Gasteiger partial charge in [0.1, 0.15) is 0 Å². The van der Waals surface area contributed by atoms with Gasteiger partial charge in [0.05, 0.1) is 0 Å². The number of carbonyl (C=O) groups excluding carboxylic acids is 2. The van der Waals surface area contributed by atoms with Crippen molar-refractivity contribution in [3.05, 3.63) is 17.9 Å². The quantitative estimate of drug-likeness (QED) is 0.791. The van der Waals surface area contributed by atoms with Gasteiger partial charge in [-0.2, -0.15) is 0 Å². The van der Waals surface area contributed by atoms with E-state index in [4.69, 9.17) is 14.3 Å². The van der Waals surface area contributed by atoms with Gasteiger partial charge in [0.25, 0.3) is 15.9 Å². The summed E-state index contributed by atoms with van der Waals surface area (Å²) in [5, 5.41) is 4.38. The highest BCUT2D eigenvalue weighted by molar-refractivity contribution is 7.89. The van der Waals surface area contributed by atoms with Crippen molar-refractivity contribution in [3.63, 3.8) is 0 Å². The third-order valence-electron chi connectivity index (χ3n) is 4.08. The van der Waals surface area contributed by atoms with Crippen LogP contribution in [0.5, 0.6) is 0 Å². The first-order valence-electron chi connectivity index (χ1n) is 7.88. The van der Waals surface area contributed by atoms with Gasteiger partial charge in [-0.3, -0.25) is 4.79 Å². The number of rotatable bonds is 5. The van der Waals surface area contributed by atoms with Crippen LogP contribution in [0.4, 0.5) is 0 Å². The number of sulfonamides is 1. The van der Waals surface area contributed by atoms with Gasteiger partial charge < -0.3 is 14.1 Å². The van der Waals surface area contributed by atoms with Crippen molar-refractivity contribution >= 4 is 21.9 Å². The molecule has 1 aliphatic heterocycles. The molecule has 0 spiro atoms. The Kier molecular flexibility index (Phi) is 5.66. The van der Waals surface area contributed by atoms with E-state index in [1.165, 1.54) is 6.92 Å². The first-order valence-corrected chi connectivity index (χ1v) is 9.42. The van der Waals surface area contributed by atoms with Crippen molar-refractivity contribution in [2.45, 2.75) is 56.8 Å². The fourth-order valence-electron chi connectivity index (χ4n) is 2.80. The van der Waals surface area contributed by atoms with E-state index >= 15 is 0 Å². The van der Waals surface area contributed by atoms with Crippen LogP contribution in [0.1, 0.15) is 50.1 Å². The highest BCUT2D eigenvalue weighted by atomic mass is 32.2. The molecule has 9 heteroatoms. The summed E-state index contributed by atoms with van der Waals surface area (Å²) < 4.78 is 32.3. The zero-order chi connectivity index (χ0) is 17.9. The number of furan rings is 1. The van der Waals surface area contributed by atoms with E-state index in [1.54, 1.807) is 4.90 Å². The van der Waals surface area contributed by atoms with E-state index < -0.39 is 27.2 Å². The molecule has 2 N–H and O–H groups in total. The van der Waals surface area contributed by atoms with Gasteiger partial charge in [-0.15, -0.1) is 0 Å². The first-order chi connectivity index (χ1) is 11.2. The molecule has 1 aromatic rings. The number of esters is 1. The summed E-state index contributed by atoms with van der Waals surface area (Å²) in [6.45, 7) is 4.16. The smallest absolute Gasteiger partial charge is 0.375 e. The predicted molar refractivity (Wildman–Crippen MR) is 84.6 cm³/mol.